The molecule has 0 radical (unpaired) electrons. The van der Waals surface area contributed by atoms with Gasteiger partial charge in [-0.05, 0) is 64.7 Å². The molecule has 0 spiro atoms. The molecule has 0 amide bonds. The van der Waals surface area contributed by atoms with E-state index in [-0.39, 0.29) is 29.1 Å². The number of ether oxygens (including phenoxy) is 1. The van der Waals surface area contributed by atoms with E-state index in [4.69, 9.17) is 18.5 Å². The lowest BCUT2D eigenvalue weighted by Crippen LogP contribution is -2.41. The Morgan fingerprint density at radius 3 is 2.19 bits per heavy atom. The van der Waals surface area contributed by atoms with Crippen LogP contribution in [0.15, 0.2) is 16.5 Å². The molecule has 0 bridgehead atoms. The van der Waals surface area contributed by atoms with Crippen LogP contribution in [0.1, 0.15) is 82.5 Å². The fourth-order valence-electron chi connectivity index (χ4n) is 3.51. The fourth-order valence-corrected chi connectivity index (χ4v) is 3.51. The fraction of sp³-hybridized carbons (Fsp3) is 0.591. The van der Waals surface area contributed by atoms with Crippen LogP contribution in [0.3, 0.4) is 0 Å². The number of esters is 1. The van der Waals surface area contributed by atoms with Gasteiger partial charge in [-0.2, -0.15) is 13.2 Å². The summed E-state index contributed by atoms with van der Waals surface area (Å²) in [7, 11) is -1.08. The van der Waals surface area contributed by atoms with Gasteiger partial charge in [0, 0.05) is 10.8 Å². The number of halogens is 3. The van der Waals surface area contributed by atoms with Crippen LogP contribution in [0, 0.1) is 0 Å². The number of hydrogen-bond donors (Lipinski definition) is 0. The highest BCUT2D eigenvalue weighted by Gasteiger charge is 2.54. The van der Waals surface area contributed by atoms with Crippen molar-refractivity contribution >= 4 is 29.5 Å². The highest BCUT2D eigenvalue weighted by molar-refractivity contribution is 6.66. The molecule has 5 nitrogen and oxygen atoms in total. The van der Waals surface area contributed by atoms with E-state index in [1.165, 1.54) is 0 Å². The maximum atomic E-state index is 13.9. The smallest absolute Gasteiger partial charge is 0.460 e. The summed E-state index contributed by atoms with van der Waals surface area (Å²) in [5.74, 6) is -1.32. The number of fused-ring (bicyclic) bond motifs is 1. The first-order valence-electron chi connectivity index (χ1n) is 10.4. The lowest BCUT2D eigenvalue weighted by atomic mass is 9.76. The Balaban J connectivity index is 2.35. The molecular weight excluding hydrogens is 412 g/mol. The summed E-state index contributed by atoms with van der Waals surface area (Å²) in [5, 5.41) is 0.145. The summed E-state index contributed by atoms with van der Waals surface area (Å²) in [6, 6.07) is 2.72. The predicted molar refractivity (Wildman–Crippen MR) is 112 cm³/mol. The zero-order chi connectivity index (χ0) is 23.4. The van der Waals surface area contributed by atoms with Crippen LogP contribution in [0.4, 0.5) is 13.2 Å². The number of carbonyl (C=O) groups is 1. The molecule has 0 aliphatic carbocycles. The van der Waals surface area contributed by atoms with E-state index in [2.05, 4.69) is 0 Å². The van der Waals surface area contributed by atoms with Crippen LogP contribution in [0.5, 0.6) is 0 Å². The molecule has 2 aromatic rings. The average Bonchev–Trinajstić information content (AvgIpc) is 3.13. The van der Waals surface area contributed by atoms with Gasteiger partial charge in [0.15, 0.2) is 0 Å². The molecule has 1 aromatic heterocycles. The van der Waals surface area contributed by atoms with Gasteiger partial charge in [0.2, 0.25) is 5.76 Å². The SMILES string of the molecule is CCOC(=O)c1oc2c(C(F)(F)F)cc(C(C)CC)cc2c1B1OC(C)(C)C(C)(C)O1. The summed E-state index contributed by atoms with van der Waals surface area (Å²) < 4.78 is 64.5. The number of rotatable bonds is 5. The van der Waals surface area contributed by atoms with E-state index >= 15 is 0 Å². The second-order valence-electron chi connectivity index (χ2n) is 8.91. The first-order valence-corrected chi connectivity index (χ1v) is 10.4. The van der Waals surface area contributed by atoms with E-state index < -0.39 is 41.6 Å². The van der Waals surface area contributed by atoms with Crippen molar-refractivity contribution < 1.29 is 36.4 Å². The Kier molecular flexibility index (Phi) is 5.99. The van der Waals surface area contributed by atoms with E-state index in [0.29, 0.717) is 12.0 Å². The largest absolute Gasteiger partial charge is 0.499 e. The molecule has 1 aliphatic rings. The monoisotopic (exact) mass is 440 g/mol. The number of carbonyl (C=O) groups excluding carboxylic acids is 1. The number of furan rings is 1. The summed E-state index contributed by atoms with van der Waals surface area (Å²) in [5.41, 5.74) is -2.25. The van der Waals surface area contributed by atoms with E-state index in [0.717, 1.165) is 6.07 Å². The standard InChI is InChI=1S/C22H28BF3O5/c1-8-12(3)13-10-14-16(23-30-20(4,5)21(6,7)31-23)18(19(27)28-9-2)29-17(14)15(11-13)22(24,25)26/h10-12H,8-9H2,1-7H3. The molecule has 1 aromatic carbocycles. The van der Waals surface area contributed by atoms with Gasteiger partial charge in [-0.15, -0.1) is 0 Å². The van der Waals surface area contributed by atoms with Crippen molar-refractivity contribution in [3.8, 4) is 0 Å². The summed E-state index contributed by atoms with van der Waals surface area (Å²) in [6.45, 7) is 12.7. The normalized spacial score (nSPS) is 19.1. The van der Waals surface area contributed by atoms with Gasteiger partial charge < -0.3 is 18.5 Å². The molecule has 1 saturated heterocycles. The van der Waals surface area contributed by atoms with Crippen molar-refractivity contribution in [1.29, 1.82) is 0 Å². The van der Waals surface area contributed by atoms with Crippen molar-refractivity contribution in [2.75, 3.05) is 6.61 Å². The van der Waals surface area contributed by atoms with Crippen LogP contribution < -0.4 is 5.46 Å². The molecule has 0 saturated carbocycles. The van der Waals surface area contributed by atoms with Gasteiger partial charge in [0.1, 0.15) is 5.58 Å². The topological polar surface area (TPSA) is 57.9 Å². The second kappa shape index (κ2) is 7.85. The molecule has 170 valence electrons. The third-order valence-corrected chi connectivity index (χ3v) is 6.29. The maximum Gasteiger partial charge on any atom is 0.499 e. The number of benzene rings is 1. The summed E-state index contributed by atoms with van der Waals surface area (Å²) in [4.78, 5) is 12.6. The third kappa shape index (κ3) is 4.10. The zero-order valence-electron chi connectivity index (χ0n) is 18.9. The Hall–Kier alpha value is -2.00. The minimum atomic E-state index is -4.67. The molecule has 0 N–H and O–H groups in total. The Morgan fingerprint density at radius 2 is 1.71 bits per heavy atom. The van der Waals surface area contributed by atoms with Crippen molar-refractivity contribution in [2.45, 2.75) is 78.2 Å². The quantitative estimate of drug-likeness (QED) is 0.458. The third-order valence-electron chi connectivity index (χ3n) is 6.29. The first-order chi connectivity index (χ1) is 14.2. The van der Waals surface area contributed by atoms with Crippen molar-refractivity contribution in [1.82, 2.24) is 0 Å². The van der Waals surface area contributed by atoms with Gasteiger partial charge >= 0.3 is 19.3 Å². The molecule has 2 heterocycles. The Morgan fingerprint density at radius 1 is 1.13 bits per heavy atom. The first kappa shape index (κ1) is 23.7. The summed E-state index contributed by atoms with van der Waals surface area (Å²) >= 11 is 0. The molecule has 9 heteroatoms. The van der Waals surface area contributed by atoms with Crippen molar-refractivity contribution in [2.24, 2.45) is 0 Å². The minimum absolute atomic E-state index is 0.0446. The van der Waals surface area contributed by atoms with Gasteiger partial charge in [0.05, 0.1) is 23.4 Å². The number of hydrogen-bond acceptors (Lipinski definition) is 5. The molecule has 31 heavy (non-hydrogen) atoms. The van der Waals surface area contributed by atoms with Gasteiger partial charge in [-0.3, -0.25) is 0 Å². The van der Waals surface area contributed by atoms with Gasteiger partial charge in [-0.25, -0.2) is 4.79 Å². The Labute approximate surface area is 180 Å². The predicted octanol–water partition coefficient (Wildman–Crippen LogP) is 5.44. The van der Waals surface area contributed by atoms with Crippen LogP contribution in [0.25, 0.3) is 11.0 Å². The molecular formula is C22H28BF3O5. The Bertz CT molecular complexity index is 977. The van der Waals surface area contributed by atoms with Crippen molar-refractivity contribution in [3.63, 3.8) is 0 Å². The van der Waals surface area contributed by atoms with Crippen LogP contribution in [-0.4, -0.2) is 30.9 Å². The van der Waals surface area contributed by atoms with Crippen LogP contribution in [0.2, 0.25) is 0 Å². The molecule has 1 unspecified atom stereocenters. The lowest BCUT2D eigenvalue weighted by molar-refractivity contribution is -0.136. The van der Waals surface area contributed by atoms with Crippen LogP contribution >= 0.6 is 0 Å². The minimum Gasteiger partial charge on any atom is -0.460 e. The van der Waals surface area contributed by atoms with Gasteiger partial charge in [-0.1, -0.05) is 13.8 Å². The van der Waals surface area contributed by atoms with E-state index in [9.17, 15) is 18.0 Å². The van der Waals surface area contributed by atoms with Gasteiger partial charge in [0.25, 0.3) is 0 Å². The highest BCUT2D eigenvalue weighted by atomic mass is 19.4. The summed E-state index contributed by atoms with van der Waals surface area (Å²) in [6.07, 6.45) is -4.02. The van der Waals surface area contributed by atoms with Crippen molar-refractivity contribution in [3.05, 3.63) is 29.0 Å². The highest BCUT2D eigenvalue weighted by Crippen LogP contribution is 2.41. The second-order valence-corrected chi connectivity index (χ2v) is 8.91. The number of alkyl halides is 3. The van der Waals surface area contributed by atoms with Crippen LogP contribution in [-0.2, 0) is 20.2 Å². The van der Waals surface area contributed by atoms with E-state index in [1.54, 1.807) is 13.0 Å². The van der Waals surface area contributed by atoms with E-state index in [1.807, 2.05) is 41.5 Å². The average molecular weight is 440 g/mol. The zero-order valence-corrected chi connectivity index (χ0v) is 18.9. The molecule has 1 atom stereocenters. The molecule has 1 aliphatic heterocycles. The molecule has 1 fully saturated rings. The maximum absolute atomic E-state index is 13.9. The lowest BCUT2D eigenvalue weighted by Gasteiger charge is -2.32. The molecule has 3 rings (SSSR count).